The van der Waals surface area contributed by atoms with Gasteiger partial charge in [-0.2, -0.15) is 0 Å². The molecule has 1 amide bonds. The first-order valence-corrected chi connectivity index (χ1v) is 14.3. The number of benzene rings is 1. The van der Waals surface area contributed by atoms with Gasteiger partial charge in [-0.05, 0) is 42.7 Å². The highest BCUT2D eigenvalue weighted by Gasteiger charge is 2.23. The molecule has 1 aliphatic rings. The van der Waals surface area contributed by atoms with Gasteiger partial charge in [0.25, 0.3) is 5.91 Å². The molecule has 1 N–H and O–H groups in total. The summed E-state index contributed by atoms with van der Waals surface area (Å²) in [5.41, 5.74) is 3.71. The van der Waals surface area contributed by atoms with Crippen molar-refractivity contribution in [3.05, 3.63) is 77.2 Å². The molecular weight excluding hydrogens is 478 g/mol. The lowest BCUT2D eigenvalue weighted by atomic mass is 9.91. The molecule has 4 rings (SSSR count). The summed E-state index contributed by atoms with van der Waals surface area (Å²) in [4.78, 5) is 29.3. The number of carbonyl (C=O) groups excluding carboxylic acids is 1. The van der Waals surface area contributed by atoms with E-state index in [9.17, 15) is 4.79 Å². The number of amides is 1. The van der Waals surface area contributed by atoms with Gasteiger partial charge in [-0.15, -0.1) is 0 Å². The lowest BCUT2D eigenvalue weighted by Gasteiger charge is -2.33. The molecule has 0 spiro atoms. The SMILES string of the molecule is CN(c1cc(C(C)(C)C)nc(SCc2cccc(C(=O)NCCc3ccccn3)c2)n1)C1CCCCC1. The molecule has 1 saturated carbocycles. The Hall–Kier alpha value is -2.93. The quantitative estimate of drug-likeness (QED) is 0.269. The molecule has 1 aromatic carbocycles. The molecule has 7 heteroatoms. The number of carbonyl (C=O) groups is 1. The van der Waals surface area contributed by atoms with Crippen LogP contribution in [0.25, 0.3) is 0 Å². The first kappa shape index (κ1) is 27.1. The smallest absolute Gasteiger partial charge is 0.251 e. The summed E-state index contributed by atoms with van der Waals surface area (Å²) in [5.74, 6) is 1.65. The zero-order valence-corrected chi connectivity index (χ0v) is 23.4. The maximum absolute atomic E-state index is 12.7. The predicted molar refractivity (Wildman–Crippen MR) is 152 cm³/mol. The molecule has 37 heavy (non-hydrogen) atoms. The number of hydrogen-bond acceptors (Lipinski definition) is 6. The third kappa shape index (κ3) is 7.78. The molecule has 2 aromatic heterocycles. The first-order chi connectivity index (χ1) is 17.8. The highest BCUT2D eigenvalue weighted by molar-refractivity contribution is 7.98. The van der Waals surface area contributed by atoms with E-state index in [2.05, 4.69) is 55.2 Å². The zero-order valence-electron chi connectivity index (χ0n) is 22.5. The number of thioether (sulfide) groups is 1. The van der Waals surface area contributed by atoms with E-state index in [1.807, 2.05) is 36.4 Å². The van der Waals surface area contributed by atoms with Crippen molar-refractivity contribution in [2.75, 3.05) is 18.5 Å². The van der Waals surface area contributed by atoms with E-state index in [1.165, 1.54) is 32.1 Å². The van der Waals surface area contributed by atoms with E-state index < -0.39 is 0 Å². The maximum atomic E-state index is 12.7. The minimum absolute atomic E-state index is 0.0618. The fourth-order valence-corrected chi connectivity index (χ4v) is 5.40. The van der Waals surface area contributed by atoms with Crippen molar-refractivity contribution >= 4 is 23.5 Å². The zero-order chi connectivity index (χ0) is 26.3. The number of nitrogens with one attached hydrogen (secondary N) is 1. The third-order valence-electron chi connectivity index (χ3n) is 6.89. The van der Waals surface area contributed by atoms with E-state index in [0.29, 0.717) is 30.3 Å². The molecule has 6 nitrogen and oxygen atoms in total. The van der Waals surface area contributed by atoms with Gasteiger partial charge in [0.15, 0.2) is 5.16 Å². The monoisotopic (exact) mass is 517 g/mol. The summed E-state index contributed by atoms with van der Waals surface area (Å²) in [5, 5.41) is 3.79. The van der Waals surface area contributed by atoms with Crippen molar-refractivity contribution in [2.45, 2.75) is 81.7 Å². The van der Waals surface area contributed by atoms with Gasteiger partial charge in [-0.1, -0.05) is 70.0 Å². The summed E-state index contributed by atoms with van der Waals surface area (Å²) in [6.07, 6.45) is 8.86. The Morgan fingerprint density at radius 3 is 2.59 bits per heavy atom. The number of hydrogen-bond donors (Lipinski definition) is 1. The van der Waals surface area contributed by atoms with Crippen LogP contribution in [0.2, 0.25) is 0 Å². The van der Waals surface area contributed by atoms with Crippen LogP contribution in [0.4, 0.5) is 5.82 Å². The molecule has 3 aromatic rings. The average Bonchev–Trinajstić information content (AvgIpc) is 2.92. The van der Waals surface area contributed by atoms with E-state index in [4.69, 9.17) is 9.97 Å². The van der Waals surface area contributed by atoms with Crippen LogP contribution in [0.5, 0.6) is 0 Å². The largest absolute Gasteiger partial charge is 0.357 e. The van der Waals surface area contributed by atoms with E-state index >= 15 is 0 Å². The fraction of sp³-hybridized carbons (Fsp3) is 0.467. The Kier molecular flexibility index (Phi) is 9.19. The van der Waals surface area contributed by atoms with Crippen molar-refractivity contribution in [2.24, 2.45) is 0 Å². The van der Waals surface area contributed by atoms with Crippen LogP contribution in [-0.2, 0) is 17.6 Å². The van der Waals surface area contributed by atoms with Crippen LogP contribution < -0.4 is 10.2 Å². The van der Waals surface area contributed by atoms with Crippen molar-refractivity contribution in [1.82, 2.24) is 20.3 Å². The Bertz CT molecular complexity index is 1170. The second-order valence-electron chi connectivity index (χ2n) is 10.9. The second-order valence-corrected chi connectivity index (χ2v) is 11.8. The van der Waals surface area contributed by atoms with E-state index in [0.717, 1.165) is 27.9 Å². The van der Waals surface area contributed by atoms with Crippen LogP contribution in [-0.4, -0.2) is 40.5 Å². The van der Waals surface area contributed by atoms with Crippen molar-refractivity contribution in [1.29, 1.82) is 0 Å². The molecular formula is C30H39N5OS. The molecule has 0 unspecified atom stereocenters. The van der Waals surface area contributed by atoms with Gasteiger partial charge >= 0.3 is 0 Å². The summed E-state index contributed by atoms with van der Waals surface area (Å²) in [7, 11) is 2.18. The lowest BCUT2D eigenvalue weighted by molar-refractivity contribution is 0.0954. The second kappa shape index (κ2) is 12.5. The van der Waals surface area contributed by atoms with Gasteiger partial charge in [0, 0.05) is 60.7 Å². The minimum atomic E-state index is -0.0647. The van der Waals surface area contributed by atoms with Crippen LogP contribution in [0.3, 0.4) is 0 Å². The molecule has 0 atom stereocenters. The topological polar surface area (TPSA) is 71.0 Å². The summed E-state index contributed by atoms with van der Waals surface area (Å²) in [6, 6.07) is 16.4. The van der Waals surface area contributed by atoms with Crippen molar-refractivity contribution in [3.63, 3.8) is 0 Å². The summed E-state index contributed by atoms with van der Waals surface area (Å²) >= 11 is 1.63. The number of anilines is 1. The maximum Gasteiger partial charge on any atom is 0.251 e. The van der Waals surface area contributed by atoms with Gasteiger partial charge in [0.05, 0.1) is 5.69 Å². The number of rotatable bonds is 9. The summed E-state index contributed by atoms with van der Waals surface area (Å²) in [6.45, 7) is 7.15. The predicted octanol–water partition coefficient (Wildman–Crippen LogP) is 6.20. The molecule has 0 radical (unpaired) electrons. The van der Waals surface area contributed by atoms with Crippen LogP contribution in [0.1, 0.15) is 80.2 Å². The van der Waals surface area contributed by atoms with Crippen LogP contribution in [0, 0.1) is 0 Å². The minimum Gasteiger partial charge on any atom is -0.357 e. The Morgan fingerprint density at radius 1 is 1.05 bits per heavy atom. The average molecular weight is 518 g/mol. The molecule has 196 valence electrons. The third-order valence-corrected chi connectivity index (χ3v) is 7.81. The number of pyridine rings is 1. The van der Waals surface area contributed by atoms with Crippen molar-refractivity contribution in [3.8, 4) is 0 Å². The van der Waals surface area contributed by atoms with Crippen LogP contribution in [0.15, 0.2) is 59.9 Å². The Balaban J connectivity index is 1.42. The lowest BCUT2D eigenvalue weighted by Crippen LogP contribution is -2.34. The van der Waals surface area contributed by atoms with Gasteiger partial charge in [-0.3, -0.25) is 9.78 Å². The van der Waals surface area contributed by atoms with Crippen molar-refractivity contribution < 1.29 is 4.79 Å². The Morgan fingerprint density at radius 2 is 1.86 bits per heavy atom. The molecule has 1 fully saturated rings. The molecule has 1 aliphatic carbocycles. The standard InChI is InChI=1S/C30H39N5OS/c1-30(2,3)26-20-27(35(4)25-14-6-5-7-15-25)34-29(33-26)37-21-22-11-10-12-23(19-22)28(36)32-18-16-24-13-8-9-17-31-24/h8-13,17,19-20,25H,5-7,14-16,18,21H2,1-4H3,(H,32,36). The van der Waals surface area contributed by atoms with Gasteiger partial charge < -0.3 is 10.2 Å². The molecule has 0 saturated heterocycles. The number of nitrogens with zero attached hydrogens (tertiary/aromatic N) is 4. The summed E-state index contributed by atoms with van der Waals surface area (Å²) < 4.78 is 0. The normalized spacial score (nSPS) is 14.4. The highest BCUT2D eigenvalue weighted by atomic mass is 32.2. The van der Waals surface area contributed by atoms with Gasteiger partial charge in [-0.25, -0.2) is 9.97 Å². The molecule has 0 bridgehead atoms. The fourth-order valence-electron chi connectivity index (χ4n) is 4.60. The van der Waals surface area contributed by atoms with E-state index in [-0.39, 0.29) is 11.3 Å². The molecule has 0 aliphatic heterocycles. The first-order valence-electron chi connectivity index (χ1n) is 13.3. The van der Waals surface area contributed by atoms with Gasteiger partial charge in [0.1, 0.15) is 5.82 Å². The number of aromatic nitrogens is 3. The van der Waals surface area contributed by atoms with Crippen LogP contribution >= 0.6 is 11.8 Å². The molecule has 2 heterocycles. The Labute approximate surface area is 225 Å². The van der Waals surface area contributed by atoms with Gasteiger partial charge in [0.2, 0.25) is 0 Å². The van der Waals surface area contributed by atoms with E-state index in [1.54, 1.807) is 18.0 Å². The highest BCUT2D eigenvalue weighted by Crippen LogP contribution is 2.31.